The van der Waals surface area contributed by atoms with Crippen LogP contribution in [0.2, 0.25) is 0 Å². The molecule has 1 aromatic rings. The van der Waals surface area contributed by atoms with Crippen LogP contribution in [0.3, 0.4) is 0 Å². The monoisotopic (exact) mass is 222 g/mol. The lowest BCUT2D eigenvalue weighted by atomic mass is 10.2. The summed E-state index contributed by atoms with van der Waals surface area (Å²) in [6, 6.07) is 5.60. The maximum Gasteiger partial charge on any atom is 0.144 e. The zero-order valence-corrected chi connectivity index (χ0v) is 9.59. The Kier molecular flexibility index (Phi) is 4.99. The van der Waals surface area contributed by atoms with Crippen LogP contribution in [-0.2, 0) is 16.6 Å². The molecule has 1 unspecified atom stereocenters. The van der Waals surface area contributed by atoms with Crippen molar-refractivity contribution in [2.45, 2.75) is 25.5 Å². The maximum absolute atomic E-state index is 11.6. The van der Waals surface area contributed by atoms with Gasteiger partial charge in [0, 0.05) is 28.3 Å². The van der Waals surface area contributed by atoms with Crippen LogP contribution >= 0.6 is 0 Å². The van der Waals surface area contributed by atoms with Crippen molar-refractivity contribution in [2.75, 3.05) is 5.75 Å². The Balaban J connectivity index is 2.64. The molecule has 1 aromatic heterocycles. The van der Waals surface area contributed by atoms with Gasteiger partial charge in [-0.3, -0.25) is 4.21 Å². The van der Waals surface area contributed by atoms with Crippen molar-refractivity contribution in [3.63, 3.8) is 0 Å². The van der Waals surface area contributed by atoms with Crippen molar-refractivity contribution in [1.82, 2.24) is 4.98 Å². The van der Waals surface area contributed by atoms with E-state index in [4.69, 9.17) is 5.26 Å². The van der Waals surface area contributed by atoms with Gasteiger partial charge in [-0.2, -0.15) is 5.26 Å². The lowest BCUT2D eigenvalue weighted by Crippen LogP contribution is -2.03. The Labute approximate surface area is 92.6 Å². The third-order valence-corrected chi connectivity index (χ3v) is 3.42. The van der Waals surface area contributed by atoms with Crippen LogP contribution in [0.5, 0.6) is 0 Å². The van der Waals surface area contributed by atoms with Gasteiger partial charge in [0.05, 0.1) is 5.75 Å². The molecule has 0 aliphatic carbocycles. The van der Waals surface area contributed by atoms with Crippen LogP contribution in [0.15, 0.2) is 18.3 Å². The smallest absolute Gasteiger partial charge is 0.144 e. The van der Waals surface area contributed by atoms with E-state index < -0.39 is 10.8 Å². The third kappa shape index (κ3) is 3.80. The van der Waals surface area contributed by atoms with E-state index >= 15 is 0 Å². The molecule has 0 saturated heterocycles. The van der Waals surface area contributed by atoms with E-state index in [9.17, 15) is 4.21 Å². The van der Waals surface area contributed by atoms with Crippen LogP contribution in [0, 0.1) is 11.3 Å². The SMILES string of the molecule is CCCCS(=O)Cc1cccnc1C#N. The van der Waals surface area contributed by atoms with E-state index in [-0.39, 0.29) is 0 Å². The van der Waals surface area contributed by atoms with Gasteiger partial charge in [-0.1, -0.05) is 19.4 Å². The average molecular weight is 222 g/mol. The van der Waals surface area contributed by atoms with Crippen LogP contribution < -0.4 is 0 Å². The van der Waals surface area contributed by atoms with Crippen LogP contribution in [0.25, 0.3) is 0 Å². The summed E-state index contributed by atoms with van der Waals surface area (Å²) in [4.78, 5) is 3.93. The van der Waals surface area contributed by atoms with Crippen molar-refractivity contribution in [1.29, 1.82) is 5.26 Å². The van der Waals surface area contributed by atoms with Gasteiger partial charge < -0.3 is 0 Å². The predicted molar refractivity (Wildman–Crippen MR) is 60.6 cm³/mol. The Bertz CT molecular complexity index is 384. The normalized spacial score (nSPS) is 12.0. The van der Waals surface area contributed by atoms with Crippen molar-refractivity contribution in [2.24, 2.45) is 0 Å². The van der Waals surface area contributed by atoms with Crippen molar-refractivity contribution >= 4 is 10.8 Å². The molecule has 0 amide bonds. The minimum atomic E-state index is -0.874. The number of unbranched alkanes of at least 4 members (excludes halogenated alkanes) is 1. The molecule has 80 valence electrons. The molecular formula is C11H14N2OS. The fraction of sp³-hybridized carbons (Fsp3) is 0.455. The standard InChI is InChI=1S/C11H14N2OS/c1-2-3-7-15(14)9-10-5-4-6-13-11(10)8-12/h4-6H,2-3,7,9H2,1H3. The Morgan fingerprint density at radius 3 is 3.07 bits per heavy atom. The van der Waals surface area contributed by atoms with Crippen LogP contribution in [0.1, 0.15) is 31.0 Å². The first-order chi connectivity index (χ1) is 7.27. The molecule has 4 heteroatoms. The Morgan fingerprint density at radius 2 is 2.40 bits per heavy atom. The summed E-state index contributed by atoms with van der Waals surface area (Å²) in [5.41, 5.74) is 1.18. The molecule has 0 aliphatic rings. The zero-order chi connectivity index (χ0) is 11.1. The second kappa shape index (κ2) is 6.31. The first-order valence-corrected chi connectivity index (χ1v) is 6.45. The van der Waals surface area contributed by atoms with Crippen molar-refractivity contribution in [3.8, 4) is 6.07 Å². The van der Waals surface area contributed by atoms with Gasteiger partial charge in [0.25, 0.3) is 0 Å². The van der Waals surface area contributed by atoms with E-state index in [0.29, 0.717) is 17.2 Å². The molecule has 0 aliphatic heterocycles. The molecule has 0 fully saturated rings. The summed E-state index contributed by atoms with van der Waals surface area (Å²) in [6.07, 6.45) is 3.59. The molecule has 0 saturated carbocycles. The summed E-state index contributed by atoms with van der Waals surface area (Å²) in [5, 5.41) is 8.80. The molecule has 0 aromatic carbocycles. The highest BCUT2D eigenvalue weighted by atomic mass is 32.2. The third-order valence-electron chi connectivity index (χ3n) is 2.04. The maximum atomic E-state index is 11.6. The zero-order valence-electron chi connectivity index (χ0n) is 8.77. The summed E-state index contributed by atoms with van der Waals surface area (Å²) in [6.45, 7) is 2.07. The number of hydrogen-bond donors (Lipinski definition) is 0. The number of pyridine rings is 1. The largest absolute Gasteiger partial charge is 0.259 e. The Hall–Kier alpha value is -1.21. The molecule has 3 nitrogen and oxygen atoms in total. The number of aromatic nitrogens is 1. The Morgan fingerprint density at radius 1 is 1.60 bits per heavy atom. The van der Waals surface area contributed by atoms with Gasteiger partial charge in [-0.25, -0.2) is 4.98 Å². The van der Waals surface area contributed by atoms with Gasteiger partial charge in [0.2, 0.25) is 0 Å². The van der Waals surface area contributed by atoms with Gasteiger partial charge in [0.1, 0.15) is 11.8 Å². The van der Waals surface area contributed by atoms with Gasteiger partial charge in [-0.15, -0.1) is 0 Å². The van der Waals surface area contributed by atoms with E-state index in [1.54, 1.807) is 12.3 Å². The molecule has 15 heavy (non-hydrogen) atoms. The van der Waals surface area contributed by atoms with Crippen molar-refractivity contribution in [3.05, 3.63) is 29.6 Å². The number of nitrogens with zero attached hydrogens (tertiary/aromatic N) is 2. The highest BCUT2D eigenvalue weighted by Gasteiger charge is 2.06. The van der Waals surface area contributed by atoms with Crippen molar-refractivity contribution < 1.29 is 4.21 Å². The first-order valence-electron chi connectivity index (χ1n) is 4.97. The quantitative estimate of drug-likeness (QED) is 0.765. The van der Waals surface area contributed by atoms with Gasteiger partial charge in [0.15, 0.2) is 0 Å². The lowest BCUT2D eigenvalue weighted by Gasteiger charge is -2.02. The highest BCUT2D eigenvalue weighted by molar-refractivity contribution is 7.84. The van der Waals surface area contributed by atoms with E-state index in [0.717, 1.165) is 18.4 Å². The summed E-state index contributed by atoms with van der Waals surface area (Å²) < 4.78 is 11.6. The molecule has 0 N–H and O–H groups in total. The fourth-order valence-electron chi connectivity index (χ4n) is 1.21. The molecule has 0 bridgehead atoms. The topological polar surface area (TPSA) is 53.8 Å². The van der Waals surface area contributed by atoms with Crippen LogP contribution in [0.4, 0.5) is 0 Å². The predicted octanol–water partition coefficient (Wildman–Crippen LogP) is 2.00. The molecule has 1 rings (SSSR count). The summed E-state index contributed by atoms with van der Waals surface area (Å²) in [7, 11) is -0.874. The second-order valence-corrected chi connectivity index (χ2v) is 4.84. The minimum Gasteiger partial charge on any atom is -0.259 e. The average Bonchev–Trinajstić information content (AvgIpc) is 2.27. The molecule has 1 heterocycles. The minimum absolute atomic E-state index is 0.391. The van der Waals surface area contributed by atoms with Gasteiger partial charge >= 0.3 is 0 Å². The highest BCUT2D eigenvalue weighted by Crippen LogP contribution is 2.08. The lowest BCUT2D eigenvalue weighted by molar-refractivity contribution is 0.679. The molecule has 0 spiro atoms. The fourth-order valence-corrected chi connectivity index (χ4v) is 2.54. The van der Waals surface area contributed by atoms with Crippen LogP contribution in [-0.4, -0.2) is 14.9 Å². The number of rotatable bonds is 5. The molecular weight excluding hydrogens is 208 g/mol. The number of hydrogen-bond acceptors (Lipinski definition) is 3. The molecule has 0 radical (unpaired) electrons. The van der Waals surface area contributed by atoms with E-state index in [1.807, 2.05) is 12.1 Å². The van der Waals surface area contributed by atoms with E-state index in [1.165, 1.54) is 0 Å². The van der Waals surface area contributed by atoms with E-state index in [2.05, 4.69) is 11.9 Å². The number of nitriles is 1. The summed E-state index contributed by atoms with van der Waals surface area (Å²) >= 11 is 0. The first kappa shape index (κ1) is 11.9. The molecule has 1 atom stereocenters. The summed E-state index contributed by atoms with van der Waals surface area (Å²) in [5.74, 6) is 1.15. The van der Waals surface area contributed by atoms with Gasteiger partial charge in [-0.05, 0) is 12.5 Å². The second-order valence-electron chi connectivity index (χ2n) is 3.26.